The van der Waals surface area contributed by atoms with Crippen LogP contribution in [0.25, 0.3) is 0 Å². The van der Waals surface area contributed by atoms with E-state index in [1.165, 1.54) is 0 Å². The van der Waals surface area contributed by atoms with Crippen molar-refractivity contribution in [1.29, 1.82) is 0 Å². The molecule has 27 heavy (non-hydrogen) atoms. The summed E-state index contributed by atoms with van der Waals surface area (Å²) in [4.78, 5) is 35.7. The van der Waals surface area contributed by atoms with Gasteiger partial charge in [-0.05, 0) is 45.0 Å². The van der Waals surface area contributed by atoms with E-state index in [4.69, 9.17) is 0 Å². The molecule has 0 N–H and O–H groups in total. The van der Waals surface area contributed by atoms with E-state index in [0.717, 1.165) is 38.3 Å². The Morgan fingerprint density at radius 3 is 2.56 bits per heavy atom. The second-order valence-corrected chi connectivity index (χ2v) is 8.28. The minimum absolute atomic E-state index is 0.0190. The molecule has 1 atom stereocenters. The first-order valence-corrected chi connectivity index (χ1v) is 9.91. The number of hydrogen-bond donors (Lipinski definition) is 0. The summed E-state index contributed by atoms with van der Waals surface area (Å²) in [6, 6.07) is 3.74. The largest absolute Gasteiger partial charge is 0.358 e. The van der Waals surface area contributed by atoms with Crippen LogP contribution in [0.5, 0.6) is 0 Å². The number of piperidine rings is 1. The number of rotatable bonds is 8. The molecule has 1 amide bonds. The van der Waals surface area contributed by atoms with Crippen molar-refractivity contribution in [2.24, 2.45) is 11.8 Å². The molecule has 150 valence electrons. The second kappa shape index (κ2) is 9.83. The number of aromatic nitrogens is 1. The highest BCUT2D eigenvalue weighted by Crippen LogP contribution is 2.22. The van der Waals surface area contributed by atoms with Gasteiger partial charge in [0.1, 0.15) is 11.6 Å². The zero-order valence-electron chi connectivity index (χ0n) is 17.4. The topological polar surface area (TPSA) is 56.8 Å². The predicted molar refractivity (Wildman–Crippen MR) is 109 cm³/mol. The highest BCUT2D eigenvalue weighted by molar-refractivity contribution is 5.94. The van der Waals surface area contributed by atoms with Gasteiger partial charge in [-0.15, -0.1) is 0 Å². The van der Waals surface area contributed by atoms with Gasteiger partial charge < -0.3 is 14.7 Å². The molecule has 0 aromatic carbocycles. The molecule has 0 radical (unpaired) electrons. The summed E-state index contributed by atoms with van der Waals surface area (Å²) in [5.74, 6) is 1.47. The van der Waals surface area contributed by atoms with E-state index >= 15 is 0 Å². The first-order valence-electron chi connectivity index (χ1n) is 9.91. The van der Waals surface area contributed by atoms with Crippen LogP contribution in [0.1, 0.15) is 43.5 Å². The van der Waals surface area contributed by atoms with E-state index in [1.54, 1.807) is 6.20 Å². The fourth-order valence-corrected chi connectivity index (χ4v) is 3.38. The Morgan fingerprint density at radius 2 is 1.96 bits per heavy atom. The van der Waals surface area contributed by atoms with Gasteiger partial charge in [0.15, 0.2) is 0 Å². The normalized spacial score (nSPS) is 17.4. The average Bonchev–Trinajstić information content (AvgIpc) is 2.65. The summed E-state index contributed by atoms with van der Waals surface area (Å²) in [7, 11) is 6.09. The molecule has 1 aromatic rings. The van der Waals surface area contributed by atoms with Crippen LogP contribution in [0.3, 0.4) is 0 Å². The van der Waals surface area contributed by atoms with Crippen LogP contribution in [0, 0.1) is 11.8 Å². The van der Waals surface area contributed by atoms with Gasteiger partial charge in [-0.1, -0.05) is 13.8 Å². The number of amides is 1. The summed E-state index contributed by atoms with van der Waals surface area (Å²) in [6.45, 7) is 7.19. The fraction of sp³-hybridized carbons (Fsp3) is 0.667. The van der Waals surface area contributed by atoms with Crippen molar-refractivity contribution in [3.63, 3.8) is 0 Å². The number of Topliss-reactive ketones (excluding diaryl/α,β-unsaturated/α-hetero) is 1. The number of likely N-dealkylation sites (N-methyl/N-ethyl adjacent to an activating group) is 2. The molecular formula is C21H34N4O2. The van der Waals surface area contributed by atoms with Gasteiger partial charge in [-0.25, -0.2) is 4.98 Å². The molecule has 1 aliphatic heterocycles. The Hall–Kier alpha value is -1.95. The predicted octanol–water partition coefficient (Wildman–Crippen LogP) is 2.55. The number of hydrogen-bond acceptors (Lipinski definition) is 5. The number of likely N-dealkylation sites (tertiary alicyclic amines) is 1. The van der Waals surface area contributed by atoms with E-state index in [-0.39, 0.29) is 11.8 Å². The Kier molecular flexibility index (Phi) is 7.78. The highest BCUT2D eigenvalue weighted by Gasteiger charge is 2.29. The smallest absolute Gasteiger partial charge is 0.255 e. The van der Waals surface area contributed by atoms with Crippen LogP contribution in [-0.2, 0) is 4.79 Å². The van der Waals surface area contributed by atoms with Crippen LogP contribution in [0.4, 0.5) is 5.82 Å². The number of nitrogens with zero attached hydrogens (tertiary/aromatic N) is 4. The maximum atomic E-state index is 12.8. The monoisotopic (exact) mass is 374 g/mol. The average molecular weight is 375 g/mol. The van der Waals surface area contributed by atoms with E-state index in [1.807, 2.05) is 38.2 Å². The van der Waals surface area contributed by atoms with E-state index < -0.39 is 0 Å². The zero-order valence-corrected chi connectivity index (χ0v) is 17.4. The van der Waals surface area contributed by atoms with E-state index in [9.17, 15) is 9.59 Å². The Balaban J connectivity index is 1.97. The Bertz CT molecular complexity index is 628. The number of pyridine rings is 1. The molecule has 0 unspecified atom stereocenters. The number of anilines is 1. The molecule has 0 aliphatic carbocycles. The van der Waals surface area contributed by atoms with E-state index in [2.05, 4.69) is 28.6 Å². The first kappa shape index (κ1) is 21.4. The highest BCUT2D eigenvalue weighted by atomic mass is 16.2. The summed E-state index contributed by atoms with van der Waals surface area (Å²) in [5.41, 5.74) is 0.594. The van der Waals surface area contributed by atoms with Crippen LogP contribution in [0.15, 0.2) is 18.3 Å². The van der Waals surface area contributed by atoms with Gasteiger partial charge in [0.2, 0.25) is 0 Å². The minimum atomic E-state index is -0.0213. The molecule has 0 bridgehead atoms. The van der Waals surface area contributed by atoms with Gasteiger partial charge >= 0.3 is 0 Å². The summed E-state index contributed by atoms with van der Waals surface area (Å²) < 4.78 is 0. The lowest BCUT2D eigenvalue weighted by molar-refractivity contribution is -0.124. The van der Waals surface area contributed by atoms with Gasteiger partial charge in [0.05, 0.1) is 5.56 Å². The van der Waals surface area contributed by atoms with Crippen molar-refractivity contribution >= 4 is 17.5 Å². The summed E-state index contributed by atoms with van der Waals surface area (Å²) >= 11 is 0. The van der Waals surface area contributed by atoms with E-state index in [0.29, 0.717) is 30.2 Å². The van der Waals surface area contributed by atoms with Crippen LogP contribution >= 0.6 is 0 Å². The number of carbonyl (C=O) groups is 2. The molecule has 6 nitrogen and oxygen atoms in total. The molecule has 1 aromatic heterocycles. The molecule has 0 saturated carbocycles. The molecule has 6 heteroatoms. The molecule has 1 fully saturated rings. The zero-order chi connectivity index (χ0) is 20.0. The first-order chi connectivity index (χ1) is 12.8. The van der Waals surface area contributed by atoms with Crippen molar-refractivity contribution in [2.75, 3.05) is 52.2 Å². The maximum Gasteiger partial charge on any atom is 0.255 e. The molecule has 2 heterocycles. The SMILES string of the molecule is CC(C)CC(=O)[C@@H]1CCCN(C(=O)c2ccc(N(C)CCN(C)C)nc2)C1. The van der Waals surface area contributed by atoms with Crippen molar-refractivity contribution < 1.29 is 9.59 Å². The molecular weight excluding hydrogens is 340 g/mol. The van der Waals surface area contributed by atoms with Crippen LogP contribution in [0.2, 0.25) is 0 Å². The maximum absolute atomic E-state index is 12.8. The minimum Gasteiger partial charge on any atom is -0.358 e. The van der Waals surface area contributed by atoms with Gasteiger partial charge in [0.25, 0.3) is 5.91 Å². The van der Waals surface area contributed by atoms with Gasteiger partial charge in [-0.2, -0.15) is 0 Å². The Morgan fingerprint density at radius 1 is 1.22 bits per heavy atom. The third kappa shape index (κ3) is 6.31. The molecule has 1 aliphatic rings. The molecule has 0 spiro atoms. The van der Waals surface area contributed by atoms with Crippen LogP contribution in [-0.4, -0.2) is 73.8 Å². The third-order valence-corrected chi connectivity index (χ3v) is 5.04. The van der Waals surface area contributed by atoms with Crippen molar-refractivity contribution in [3.05, 3.63) is 23.9 Å². The number of ketones is 1. The lowest BCUT2D eigenvalue weighted by Crippen LogP contribution is -2.42. The summed E-state index contributed by atoms with van der Waals surface area (Å²) in [6.07, 6.45) is 4.04. The lowest BCUT2D eigenvalue weighted by atomic mass is 9.89. The fourth-order valence-electron chi connectivity index (χ4n) is 3.38. The van der Waals surface area contributed by atoms with Gasteiger partial charge in [0, 0.05) is 51.8 Å². The quantitative estimate of drug-likeness (QED) is 0.700. The third-order valence-electron chi connectivity index (χ3n) is 5.04. The van der Waals surface area contributed by atoms with Gasteiger partial charge in [-0.3, -0.25) is 9.59 Å². The van der Waals surface area contributed by atoms with Crippen molar-refractivity contribution in [3.8, 4) is 0 Å². The lowest BCUT2D eigenvalue weighted by Gasteiger charge is -2.32. The molecule has 2 rings (SSSR count). The van der Waals surface area contributed by atoms with Crippen molar-refractivity contribution in [2.45, 2.75) is 33.1 Å². The molecule has 1 saturated heterocycles. The second-order valence-electron chi connectivity index (χ2n) is 8.28. The van der Waals surface area contributed by atoms with Crippen molar-refractivity contribution in [1.82, 2.24) is 14.8 Å². The number of carbonyl (C=O) groups excluding carboxylic acids is 2. The Labute approximate surface area is 163 Å². The van der Waals surface area contributed by atoms with Crippen LogP contribution < -0.4 is 4.90 Å². The standard InChI is InChI=1S/C21H34N4O2/c1-16(2)13-19(26)18-7-6-10-25(15-18)21(27)17-8-9-20(22-14-17)24(5)12-11-23(3)4/h8-9,14,16,18H,6-7,10-13,15H2,1-5H3/t18-/m1/s1. The summed E-state index contributed by atoms with van der Waals surface area (Å²) in [5, 5.41) is 0.